The summed E-state index contributed by atoms with van der Waals surface area (Å²) in [7, 11) is 0. The molecule has 6 heteroatoms. The van der Waals surface area contributed by atoms with Crippen LogP contribution in [-0.4, -0.2) is 59.3 Å². The summed E-state index contributed by atoms with van der Waals surface area (Å²) in [6.45, 7) is 2.11. The highest BCUT2D eigenvalue weighted by Crippen LogP contribution is 2.29. The third kappa shape index (κ3) is 3.12. The molecule has 2 heterocycles. The van der Waals surface area contributed by atoms with Crippen LogP contribution in [0.15, 0.2) is 0 Å². The molecule has 112 valence electrons. The number of carboxylic acids is 1. The van der Waals surface area contributed by atoms with E-state index in [1.54, 1.807) is 0 Å². The fourth-order valence-corrected chi connectivity index (χ4v) is 3.15. The number of amides is 1. The Bertz CT molecular complexity index is 389. The Morgan fingerprint density at radius 3 is 2.20 bits per heavy atom. The Morgan fingerprint density at radius 1 is 1.00 bits per heavy atom. The second-order valence-electron chi connectivity index (χ2n) is 6.08. The Hall–Kier alpha value is -1.14. The molecule has 20 heavy (non-hydrogen) atoms. The normalized spacial score (nSPS) is 32.2. The number of hydrogen-bond donors (Lipinski definition) is 2. The van der Waals surface area contributed by atoms with Crippen molar-refractivity contribution in [1.29, 1.82) is 0 Å². The van der Waals surface area contributed by atoms with Gasteiger partial charge in [0, 0.05) is 25.2 Å². The molecule has 3 rings (SSSR count). The molecule has 2 aliphatic heterocycles. The third-order valence-electron chi connectivity index (χ3n) is 4.53. The molecule has 2 saturated heterocycles. The van der Waals surface area contributed by atoms with E-state index in [0.717, 1.165) is 32.0 Å². The zero-order valence-electron chi connectivity index (χ0n) is 11.6. The van der Waals surface area contributed by atoms with Crippen molar-refractivity contribution in [3.05, 3.63) is 0 Å². The molecule has 2 N–H and O–H groups in total. The third-order valence-corrected chi connectivity index (χ3v) is 4.53. The van der Waals surface area contributed by atoms with E-state index in [1.165, 1.54) is 12.8 Å². The smallest absolute Gasteiger partial charge is 0.332 e. The molecule has 0 spiro atoms. The number of nitrogens with one attached hydrogen (secondary N) is 1. The number of aliphatic carboxylic acids is 1. The van der Waals surface area contributed by atoms with Gasteiger partial charge in [0.05, 0.1) is 0 Å². The van der Waals surface area contributed by atoms with E-state index in [9.17, 15) is 9.59 Å². The molecule has 0 aromatic carbocycles. The molecule has 3 fully saturated rings. The van der Waals surface area contributed by atoms with Crippen LogP contribution in [0.1, 0.15) is 38.5 Å². The fourth-order valence-electron chi connectivity index (χ4n) is 3.15. The predicted octanol–water partition coefficient (Wildman–Crippen LogP) is 0.362. The van der Waals surface area contributed by atoms with Crippen molar-refractivity contribution in [2.75, 3.05) is 13.1 Å². The van der Waals surface area contributed by atoms with Gasteiger partial charge in [0.2, 0.25) is 5.91 Å². The van der Waals surface area contributed by atoms with Crippen LogP contribution in [0.5, 0.6) is 0 Å². The maximum absolute atomic E-state index is 12.1. The average molecular weight is 282 g/mol. The summed E-state index contributed by atoms with van der Waals surface area (Å²) in [6.07, 6.45) is 4.14. The fraction of sp³-hybridized carbons (Fsp3) is 0.857. The topological polar surface area (TPSA) is 78.9 Å². The van der Waals surface area contributed by atoms with Crippen LogP contribution in [0, 0.1) is 0 Å². The molecule has 6 nitrogen and oxygen atoms in total. The van der Waals surface area contributed by atoms with Crippen molar-refractivity contribution in [2.45, 2.75) is 62.8 Å². The van der Waals surface area contributed by atoms with E-state index in [2.05, 4.69) is 10.2 Å². The number of rotatable bonds is 4. The highest BCUT2D eigenvalue weighted by Gasteiger charge is 2.36. The molecular formula is C14H22N2O4. The lowest BCUT2D eigenvalue weighted by Gasteiger charge is -2.32. The number of ether oxygens (including phenoxy) is 1. The second-order valence-corrected chi connectivity index (χ2v) is 6.08. The van der Waals surface area contributed by atoms with Gasteiger partial charge < -0.3 is 20.1 Å². The van der Waals surface area contributed by atoms with Crippen LogP contribution in [0.4, 0.5) is 0 Å². The molecule has 1 saturated carbocycles. The van der Waals surface area contributed by atoms with E-state index in [1.807, 2.05) is 0 Å². The lowest BCUT2D eigenvalue weighted by atomic mass is 10.0. The van der Waals surface area contributed by atoms with Crippen molar-refractivity contribution < 1.29 is 19.4 Å². The molecule has 0 unspecified atom stereocenters. The Labute approximate surface area is 118 Å². The average Bonchev–Trinajstić information content (AvgIpc) is 3.15. The summed E-state index contributed by atoms with van der Waals surface area (Å²) in [6, 6.07) is 1.01. The molecule has 1 amide bonds. The van der Waals surface area contributed by atoms with Gasteiger partial charge in [-0.2, -0.15) is 0 Å². The molecule has 0 bridgehead atoms. The van der Waals surface area contributed by atoms with Gasteiger partial charge in [-0.15, -0.1) is 0 Å². The lowest BCUT2D eigenvalue weighted by molar-refractivity contribution is -0.152. The van der Waals surface area contributed by atoms with Crippen molar-refractivity contribution in [3.8, 4) is 0 Å². The van der Waals surface area contributed by atoms with Crippen molar-refractivity contribution >= 4 is 11.9 Å². The minimum absolute atomic E-state index is 0.140. The second kappa shape index (κ2) is 5.69. The molecular weight excluding hydrogens is 260 g/mol. The van der Waals surface area contributed by atoms with Crippen molar-refractivity contribution in [3.63, 3.8) is 0 Å². The van der Waals surface area contributed by atoms with Gasteiger partial charge in [0.25, 0.3) is 0 Å². The maximum Gasteiger partial charge on any atom is 0.332 e. The first-order valence-corrected chi connectivity index (χ1v) is 7.56. The molecule has 2 atom stereocenters. The van der Waals surface area contributed by atoms with Gasteiger partial charge in [0.1, 0.15) is 6.10 Å². The quantitative estimate of drug-likeness (QED) is 0.778. The highest BCUT2D eigenvalue weighted by atomic mass is 16.5. The minimum Gasteiger partial charge on any atom is -0.479 e. The van der Waals surface area contributed by atoms with Gasteiger partial charge in [-0.05, 0) is 38.5 Å². The number of hydrogen-bond acceptors (Lipinski definition) is 4. The van der Waals surface area contributed by atoms with Gasteiger partial charge in [0.15, 0.2) is 6.10 Å². The maximum atomic E-state index is 12.1. The van der Waals surface area contributed by atoms with Crippen LogP contribution in [0.25, 0.3) is 0 Å². The number of carbonyl (C=O) groups excluding carboxylic acids is 1. The molecule has 3 aliphatic rings. The van der Waals surface area contributed by atoms with E-state index >= 15 is 0 Å². The van der Waals surface area contributed by atoms with Gasteiger partial charge in [-0.25, -0.2) is 4.79 Å². The van der Waals surface area contributed by atoms with Gasteiger partial charge in [-0.1, -0.05) is 0 Å². The Morgan fingerprint density at radius 2 is 1.65 bits per heavy atom. The van der Waals surface area contributed by atoms with Crippen molar-refractivity contribution in [2.24, 2.45) is 0 Å². The lowest BCUT2D eigenvalue weighted by Crippen LogP contribution is -2.48. The number of nitrogens with zero attached hydrogens (tertiary/aromatic N) is 1. The summed E-state index contributed by atoms with van der Waals surface area (Å²) in [4.78, 5) is 25.4. The summed E-state index contributed by atoms with van der Waals surface area (Å²) >= 11 is 0. The van der Waals surface area contributed by atoms with Crippen LogP contribution in [0.3, 0.4) is 0 Å². The number of carbonyl (C=O) groups is 2. The Kier molecular flexibility index (Phi) is 3.94. The SMILES string of the molecule is O=C(NC1CCN(C2CC2)CC1)[C@@H]1CC[C@H](C(=O)O)O1. The predicted molar refractivity (Wildman–Crippen MR) is 71.3 cm³/mol. The van der Waals surface area contributed by atoms with E-state index in [4.69, 9.17) is 9.84 Å². The Balaban J connectivity index is 1.42. The standard InChI is InChI=1S/C14H22N2O4/c17-13(11-3-4-12(20-11)14(18)19)15-9-5-7-16(8-6-9)10-1-2-10/h9-12H,1-8H2,(H,15,17)(H,18,19)/t11-,12+/m0/s1. The molecule has 0 aromatic rings. The van der Waals surface area contributed by atoms with E-state index in [0.29, 0.717) is 12.8 Å². The van der Waals surface area contributed by atoms with E-state index in [-0.39, 0.29) is 11.9 Å². The molecule has 0 aromatic heterocycles. The van der Waals surface area contributed by atoms with Crippen LogP contribution in [-0.2, 0) is 14.3 Å². The number of piperidine rings is 1. The van der Waals surface area contributed by atoms with Crippen LogP contribution < -0.4 is 5.32 Å². The van der Waals surface area contributed by atoms with Crippen LogP contribution in [0.2, 0.25) is 0 Å². The molecule has 0 radical (unpaired) electrons. The largest absolute Gasteiger partial charge is 0.479 e. The first kappa shape index (κ1) is 13.8. The summed E-state index contributed by atoms with van der Waals surface area (Å²) in [5.41, 5.74) is 0. The molecule has 1 aliphatic carbocycles. The number of carboxylic acid groups (broad SMARTS) is 1. The van der Waals surface area contributed by atoms with Gasteiger partial charge >= 0.3 is 5.97 Å². The first-order chi connectivity index (χ1) is 9.63. The highest BCUT2D eigenvalue weighted by molar-refractivity contribution is 5.82. The summed E-state index contributed by atoms with van der Waals surface area (Å²) in [5.74, 6) is -1.11. The zero-order valence-corrected chi connectivity index (χ0v) is 11.6. The minimum atomic E-state index is -0.974. The van der Waals surface area contributed by atoms with Crippen molar-refractivity contribution in [1.82, 2.24) is 10.2 Å². The first-order valence-electron chi connectivity index (χ1n) is 7.56. The van der Waals surface area contributed by atoms with Crippen LogP contribution >= 0.6 is 0 Å². The zero-order chi connectivity index (χ0) is 14.1. The summed E-state index contributed by atoms with van der Waals surface area (Å²) < 4.78 is 5.27. The van der Waals surface area contributed by atoms with Gasteiger partial charge in [-0.3, -0.25) is 4.79 Å². The number of likely N-dealkylation sites (tertiary alicyclic amines) is 1. The van der Waals surface area contributed by atoms with E-state index < -0.39 is 18.2 Å². The summed E-state index contributed by atoms with van der Waals surface area (Å²) in [5, 5.41) is 11.9. The monoisotopic (exact) mass is 282 g/mol.